The Balaban J connectivity index is 2.45. The van der Waals surface area contributed by atoms with Crippen molar-refractivity contribution in [1.82, 2.24) is 10.1 Å². The van der Waals surface area contributed by atoms with Crippen molar-refractivity contribution in [3.63, 3.8) is 0 Å². The molecule has 1 heterocycles. The summed E-state index contributed by atoms with van der Waals surface area (Å²) in [7, 11) is -3.29. The normalized spacial score (nSPS) is 13.4. The van der Waals surface area contributed by atoms with E-state index < -0.39 is 15.1 Å². The molecular formula is C11H12ClN3O3S. The second-order valence-electron chi connectivity index (χ2n) is 4.13. The summed E-state index contributed by atoms with van der Waals surface area (Å²) in [6, 6.07) is 5.00. The Labute approximate surface area is 115 Å². The fourth-order valence-corrected chi connectivity index (χ4v) is 2.08. The lowest BCUT2D eigenvalue weighted by atomic mass is 10.2. The first kappa shape index (κ1) is 13.8. The minimum Gasteiger partial charge on any atom is -0.397 e. The van der Waals surface area contributed by atoms with Gasteiger partial charge in [0.2, 0.25) is 0 Å². The van der Waals surface area contributed by atoms with Crippen molar-refractivity contribution < 1.29 is 12.9 Å². The van der Waals surface area contributed by atoms with Crippen LogP contribution in [0.3, 0.4) is 0 Å². The molecule has 1 aromatic carbocycles. The smallest absolute Gasteiger partial charge is 0.260 e. The van der Waals surface area contributed by atoms with Gasteiger partial charge in [-0.2, -0.15) is 4.98 Å². The average Bonchev–Trinajstić information content (AvgIpc) is 2.79. The zero-order valence-electron chi connectivity index (χ0n) is 10.3. The number of rotatable bonds is 3. The van der Waals surface area contributed by atoms with Gasteiger partial charge in [-0.15, -0.1) is 0 Å². The maximum atomic E-state index is 11.4. The Morgan fingerprint density at radius 3 is 2.74 bits per heavy atom. The number of halogens is 1. The van der Waals surface area contributed by atoms with E-state index in [0.717, 1.165) is 6.26 Å². The Bertz CT molecular complexity index is 712. The zero-order chi connectivity index (χ0) is 14.2. The van der Waals surface area contributed by atoms with Gasteiger partial charge in [-0.3, -0.25) is 0 Å². The summed E-state index contributed by atoms with van der Waals surface area (Å²) in [5.41, 5.74) is 6.60. The largest absolute Gasteiger partial charge is 0.397 e. The van der Waals surface area contributed by atoms with Gasteiger partial charge in [0, 0.05) is 6.26 Å². The maximum absolute atomic E-state index is 11.4. The van der Waals surface area contributed by atoms with Crippen molar-refractivity contribution in [3.05, 3.63) is 29.0 Å². The molecule has 0 bridgehead atoms. The van der Waals surface area contributed by atoms with Crippen molar-refractivity contribution in [2.24, 2.45) is 0 Å². The number of benzene rings is 1. The first-order chi connectivity index (χ1) is 8.80. The molecule has 2 aromatic rings. The topological polar surface area (TPSA) is 99.1 Å². The summed E-state index contributed by atoms with van der Waals surface area (Å²) < 4.78 is 27.9. The molecule has 0 fully saturated rings. The predicted octanol–water partition coefficient (Wildman–Crippen LogP) is 2.08. The molecule has 1 unspecified atom stereocenters. The monoisotopic (exact) mass is 301 g/mol. The molecule has 0 aliphatic rings. The van der Waals surface area contributed by atoms with E-state index in [1.54, 1.807) is 18.2 Å². The molecule has 0 saturated carbocycles. The predicted molar refractivity (Wildman–Crippen MR) is 72.4 cm³/mol. The van der Waals surface area contributed by atoms with Crippen LogP contribution in [-0.2, 0) is 9.84 Å². The summed E-state index contributed by atoms with van der Waals surface area (Å²) in [5.74, 6) is 0.238. The van der Waals surface area contributed by atoms with Crippen LogP contribution in [0.2, 0.25) is 5.02 Å². The lowest BCUT2D eigenvalue weighted by Gasteiger charge is -2.03. The highest BCUT2D eigenvalue weighted by molar-refractivity contribution is 7.90. The summed E-state index contributed by atoms with van der Waals surface area (Å²) in [4.78, 5) is 4.05. The van der Waals surface area contributed by atoms with E-state index in [1.165, 1.54) is 6.92 Å². The number of hydrogen-bond acceptors (Lipinski definition) is 6. The van der Waals surface area contributed by atoms with E-state index in [2.05, 4.69) is 10.1 Å². The number of anilines is 1. The molecule has 0 aliphatic heterocycles. The van der Waals surface area contributed by atoms with Crippen LogP contribution in [0.4, 0.5) is 5.69 Å². The standard InChI is InChI=1S/C11H12ClN3O3S/c1-6(19(2,16)17)10-14-11(18-15-10)7-4-3-5-8(12)9(7)13/h3-6H,13H2,1-2H3. The van der Waals surface area contributed by atoms with E-state index in [-0.39, 0.29) is 11.7 Å². The minimum atomic E-state index is -3.29. The number of sulfone groups is 1. The summed E-state index contributed by atoms with van der Waals surface area (Å²) in [5, 5.41) is 3.19. The average molecular weight is 302 g/mol. The molecule has 2 rings (SSSR count). The Kier molecular flexibility index (Phi) is 3.51. The maximum Gasteiger partial charge on any atom is 0.260 e. The Hall–Kier alpha value is -1.60. The van der Waals surface area contributed by atoms with Crippen LogP contribution < -0.4 is 5.73 Å². The fraction of sp³-hybridized carbons (Fsp3) is 0.273. The molecule has 0 amide bonds. The highest BCUT2D eigenvalue weighted by atomic mass is 35.5. The lowest BCUT2D eigenvalue weighted by Crippen LogP contribution is -2.09. The number of nitrogen functional groups attached to an aromatic ring is 1. The van der Waals surface area contributed by atoms with E-state index >= 15 is 0 Å². The first-order valence-corrected chi connectivity index (χ1v) is 7.71. The van der Waals surface area contributed by atoms with E-state index in [1.807, 2.05) is 0 Å². The van der Waals surface area contributed by atoms with Crippen molar-refractivity contribution in [2.45, 2.75) is 12.2 Å². The molecule has 1 aromatic heterocycles. The van der Waals surface area contributed by atoms with Gasteiger partial charge in [-0.05, 0) is 19.1 Å². The van der Waals surface area contributed by atoms with Crippen LogP contribution in [0.1, 0.15) is 18.0 Å². The highest BCUT2D eigenvalue weighted by Crippen LogP contribution is 2.31. The molecule has 0 radical (unpaired) electrons. The van der Waals surface area contributed by atoms with Gasteiger partial charge in [0.05, 0.1) is 16.3 Å². The van der Waals surface area contributed by atoms with Crippen molar-refractivity contribution >= 4 is 27.1 Å². The van der Waals surface area contributed by atoms with Crippen LogP contribution in [0.5, 0.6) is 0 Å². The van der Waals surface area contributed by atoms with Gasteiger partial charge in [-0.25, -0.2) is 8.42 Å². The van der Waals surface area contributed by atoms with Gasteiger partial charge >= 0.3 is 0 Å². The lowest BCUT2D eigenvalue weighted by molar-refractivity contribution is 0.422. The second kappa shape index (κ2) is 4.82. The first-order valence-electron chi connectivity index (χ1n) is 5.37. The molecule has 1 atom stereocenters. The Morgan fingerprint density at radius 2 is 2.11 bits per heavy atom. The molecule has 0 saturated heterocycles. The SMILES string of the molecule is CC(c1noc(-c2cccc(Cl)c2N)n1)S(C)(=O)=O. The van der Waals surface area contributed by atoms with Crippen molar-refractivity contribution in [1.29, 1.82) is 0 Å². The molecule has 6 nitrogen and oxygen atoms in total. The van der Waals surface area contributed by atoms with E-state index in [4.69, 9.17) is 21.9 Å². The molecule has 0 aliphatic carbocycles. The molecule has 19 heavy (non-hydrogen) atoms. The van der Waals surface area contributed by atoms with E-state index in [9.17, 15) is 8.42 Å². The molecule has 8 heteroatoms. The van der Waals surface area contributed by atoms with Gasteiger partial charge in [0.15, 0.2) is 15.7 Å². The van der Waals surface area contributed by atoms with E-state index in [0.29, 0.717) is 16.3 Å². The summed E-state index contributed by atoms with van der Waals surface area (Å²) in [6.45, 7) is 1.49. The number of nitrogens with zero attached hydrogens (tertiary/aromatic N) is 2. The van der Waals surface area contributed by atoms with Crippen molar-refractivity contribution in [3.8, 4) is 11.5 Å². The second-order valence-corrected chi connectivity index (χ2v) is 6.90. The highest BCUT2D eigenvalue weighted by Gasteiger charge is 2.24. The number of para-hydroxylation sites is 1. The van der Waals surface area contributed by atoms with Crippen LogP contribution in [0.15, 0.2) is 22.7 Å². The molecular weight excluding hydrogens is 290 g/mol. The van der Waals surface area contributed by atoms with Gasteiger partial charge in [0.25, 0.3) is 5.89 Å². The number of nitrogens with two attached hydrogens (primary N) is 1. The third-order valence-corrected chi connectivity index (χ3v) is 4.56. The summed E-state index contributed by atoms with van der Waals surface area (Å²) in [6.07, 6.45) is 1.11. The minimum absolute atomic E-state index is 0.0943. The molecule has 102 valence electrons. The third kappa shape index (κ3) is 2.71. The van der Waals surface area contributed by atoms with Crippen molar-refractivity contribution in [2.75, 3.05) is 12.0 Å². The third-order valence-electron chi connectivity index (χ3n) is 2.73. The number of aromatic nitrogens is 2. The fourth-order valence-electron chi connectivity index (χ4n) is 1.42. The number of hydrogen-bond donors (Lipinski definition) is 1. The van der Waals surface area contributed by atoms with Gasteiger partial charge in [0.1, 0.15) is 5.25 Å². The van der Waals surface area contributed by atoms with Crippen LogP contribution in [-0.4, -0.2) is 24.8 Å². The quantitative estimate of drug-likeness (QED) is 0.871. The summed E-state index contributed by atoms with van der Waals surface area (Å²) >= 11 is 5.89. The zero-order valence-corrected chi connectivity index (χ0v) is 11.9. The van der Waals surface area contributed by atoms with Gasteiger partial charge in [-0.1, -0.05) is 22.8 Å². The molecule has 2 N–H and O–H groups in total. The van der Waals surface area contributed by atoms with Crippen LogP contribution >= 0.6 is 11.6 Å². The van der Waals surface area contributed by atoms with Crippen LogP contribution in [0, 0.1) is 0 Å². The Morgan fingerprint density at radius 1 is 1.42 bits per heavy atom. The van der Waals surface area contributed by atoms with Gasteiger partial charge < -0.3 is 10.3 Å². The molecule has 0 spiro atoms. The van der Waals surface area contributed by atoms with Crippen LogP contribution in [0.25, 0.3) is 11.5 Å².